The summed E-state index contributed by atoms with van der Waals surface area (Å²) in [6.07, 6.45) is 6.69. The van der Waals surface area contributed by atoms with Gasteiger partial charge in [-0.3, -0.25) is 4.57 Å². The number of aryl methyl sites for hydroxylation is 1. The van der Waals surface area contributed by atoms with Gasteiger partial charge in [0.25, 0.3) is 6.01 Å². The fourth-order valence-electron chi connectivity index (χ4n) is 3.74. The lowest BCUT2D eigenvalue weighted by atomic mass is 10.2. The van der Waals surface area contributed by atoms with Crippen LogP contribution in [-0.4, -0.2) is 82.8 Å². The fraction of sp³-hybridized carbons (Fsp3) is 0.762. The van der Waals surface area contributed by atoms with E-state index in [-0.39, 0.29) is 0 Å². The van der Waals surface area contributed by atoms with Crippen molar-refractivity contribution in [3.63, 3.8) is 0 Å². The van der Waals surface area contributed by atoms with Crippen molar-refractivity contribution in [2.75, 3.05) is 59.2 Å². The number of methoxy groups -OCH3 is 1. The number of unbranched alkanes of at least 4 members (excludes halogenated alkanes) is 4. The highest BCUT2D eigenvalue weighted by Gasteiger charge is 2.18. The zero-order valence-corrected chi connectivity index (χ0v) is 18.8. The predicted octanol–water partition coefficient (Wildman–Crippen LogP) is 2.40. The zero-order valence-electron chi connectivity index (χ0n) is 18.8. The van der Waals surface area contributed by atoms with E-state index in [9.17, 15) is 0 Å². The highest BCUT2D eigenvalue weighted by atomic mass is 16.5. The van der Waals surface area contributed by atoms with E-state index in [0.717, 1.165) is 32.2 Å². The van der Waals surface area contributed by atoms with Crippen molar-refractivity contribution in [3.05, 3.63) is 0 Å². The lowest BCUT2D eigenvalue weighted by Crippen LogP contribution is -2.44. The van der Waals surface area contributed by atoms with Crippen LogP contribution in [0.2, 0.25) is 0 Å². The molecular weight excluding hydrogens is 382 g/mol. The van der Waals surface area contributed by atoms with Gasteiger partial charge < -0.3 is 25.0 Å². The second kappa shape index (κ2) is 11.3. The van der Waals surface area contributed by atoms with Gasteiger partial charge in [0.1, 0.15) is 0 Å². The number of hydrogen-bond acceptors (Lipinski definition) is 8. The lowest BCUT2D eigenvalue weighted by Gasteiger charge is -2.32. The van der Waals surface area contributed by atoms with Gasteiger partial charge in [0.15, 0.2) is 17.0 Å². The number of piperazine rings is 1. The summed E-state index contributed by atoms with van der Waals surface area (Å²) in [7, 11) is 3.82. The number of nitrogen functional groups attached to an aromatic ring is 1. The van der Waals surface area contributed by atoms with E-state index in [1.807, 2.05) is 4.57 Å². The van der Waals surface area contributed by atoms with E-state index in [1.165, 1.54) is 45.6 Å². The Kier molecular flexibility index (Phi) is 8.50. The Hall–Kier alpha value is -2.13. The highest BCUT2D eigenvalue weighted by molar-refractivity contribution is 5.83. The van der Waals surface area contributed by atoms with Crippen molar-refractivity contribution < 1.29 is 9.47 Å². The van der Waals surface area contributed by atoms with Crippen LogP contribution in [0.15, 0.2) is 0 Å². The third-order valence-corrected chi connectivity index (χ3v) is 5.68. The van der Waals surface area contributed by atoms with Gasteiger partial charge >= 0.3 is 6.01 Å². The van der Waals surface area contributed by atoms with Crippen molar-refractivity contribution in [3.8, 4) is 12.0 Å². The van der Waals surface area contributed by atoms with Gasteiger partial charge in [0, 0.05) is 32.7 Å². The molecule has 9 heteroatoms. The number of nitrogens with zero attached hydrogens (tertiary/aromatic N) is 6. The topological polar surface area (TPSA) is 94.6 Å². The van der Waals surface area contributed by atoms with Gasteiger partial charge in [0.2, 0.25) is 0 Å². The number of imidazole rings is 1. The summed E-state index contributed by atoms with van der Waals surface area (Å²) in [4.78, 5) is 18.2. The Bertz CT molecular complexity index is 787. The number of aromatic nitrogens is 4. The van der Waals surface area contributed by atoms with E-state index in [2.05, 4.69) is 38.7 Å². The van der Waals surface area contributed by atoms with Crippen LogP contribution in [0.25, 0.3) is 11.2 Å². The minimum absolute atomic E-state index is 0.310. The molecule has 0 unspecified atom stereocenters. The van der Waals surface area contributed by atoms with Crippen LogP contribution < -0.4 is 15.2 Å². The first-order chi connectivity index (χ1) is 14.6. The molecule has 0 amide bonds. The number of nitrogens with two attached hydrogens (primary N) is 1. The van der Waals surface area contributed by atoms with Gasteiger partial charge in [0.05, 0.1) is 13.7 Å². The number of ether oxygens (including phenoxy) is 2. The first-order valence-electron chi connectivity index (χ1n) is 11.2. The average Bonchev–Trinajstić information content (AvgIpc) is 3.10. The molecule has 1 aliphatic rings. The van der Waals surface area contributed by atoms with Gasteiger partial charge in [-0.05, 0) is 32.9 Å². The van der Waals surface area contributed by atoms with Gasteiger partial charge in [-0.2, -0.15) is 15.0 Å². The Balaban J connectivity index is 1.52. The van der Waals surface area contributed by atoms with Crippen molar-refractivity contribution in [1.82, 2.24) is 29.3 Å². The molecule has 0 aromatic carbocycles. The normalized spacial score (nSPS) is 15.7. The van der Waals surface area contributed by atoms with Crippen LogP contribution >= 0.6 is 0 Å². The average molecular weight is 420 g/mol. The molecule has 1 saturated heterocycles. The molecule has 9 nitrogen and oxygen atoms in total. The third kappa shape index (κ3) is 5.95. The first-order valence-corrected chi connectivity index (χ1v) is 11.2. The Morgan fingerprint density at radius 3 is 2.37 bits per heavy atom. The summed E-state index contributed by atoms with van der Waals surface area (Å²) in [6, 6.07) is 0.832. The Labute approximate surface area is 179 Å². The van der Waals surface area contributed by atoms with Crippen LogP contribution in [-0.2, 0) is 6.54 Å². The zero-order chi connectivity index (χ0) is 21.3. The molecule has 3 rings (SSSR count). The standard InChI is InChI=1S/C21H37N7O2/c1-4-5-16-30-20-24-18(22)17-19(25-20)28(21(23-17)29-3)11-9-7-6-8-10-27-14-12-26(2)13-15-27/h4-16H2,1-3H3,(H2,22,24,25). The van der Waals surface area contributed by atoms with E-state index < -0.39 is 0 Å². The minimum atomic E-state index is 0.310. The van der Waals surface area contributed by atoms with Crippen LogP contribution in [0.3, 0.4) is 0 Å². The number of anilines is 1. The first kappa shape index (κ1) is 22.6. The molecule has 2 N–H and O–H groups in total. The lowest BCUT2D eigenvalue weighted by molar-refractivity contribution is 0.152. The Morgan fingerprint density at radius 2 is 1.67 bits per heavy atom. The van der Waals surface area contributed by atoms with Crippen LogP contribution in [0.5, 0.6) is 12.0 Å². The Morgan fingerprint density at radius 1 is 0.933 bits per heavy atom. The van der Waals surface area contributed by atoms with Crippen molar-refractivity contribution >= 4 is 17.0 Å². The quantitative estimate of drug-likeness (QED) is 0.524. The SMILES string of the molecule is CCCCOc1nc(N)c2nc(OC)n(CCCCCCN3CCN(C)CC3)c2n1. The monoisotopic (exact) mass is 419 g/mol. The summed E-state index contributed by atoms with van der Waals surface area (Å²) in [5.74, 6) is 0.329. The molecule has 2 aromatic heterocycles. The van der Waals surface area contributed by atoms with Crippen LogP contribution in [0.4, 0.5) is 5.82 Å². The molecule has 1 fully saturated rings. The molecule has 0 saturated carbocycles. The largest absolute Gasteiger partial charge is 0.468 e. The van der Waals surface area contributed by atoms with Crippen molar-refractivity contribution in [2.45, 2.75) is 52.0 Å². The smallest absolute Gasteiger partial charge is 0.320 e. The molecule has 168 valence electrons. The van der Waals surface area contributed by atoms with E-state index >= 15 is 0 Å². The van der Waals surface area contributed by atoms with Crippen molar-refractivity contribution in [2.24, 2.45) is 0 Å². The molecule has 2 aromatic rings. The maximum Gasteiger partial charge on any atom is 0.320 e. The molecule has 0 atom stereocenters. The second-order valence-corrected chi connectivity index (χ2v) is 8.07. The molecule has 0 aliphatic carbocycles. The van der Waals surface area contributed by atoms with E-state index in [4.69, 9.17) is 15.2 Å². The third-order valence-electron chi connectivity index (χ3n) is 5.68. The van der Waals surface area contributed by atoms with Gasteiger partial charge in [-0.15, -0.1) is 0 Å². The van der Waals surface area contributed by atoms with E-state index in [1.54, 1.807) is 7.11 Å². The molecular formula is C21H37N7O2. The fourth-order valence-corrected chi connectivity index (χ4v) is 3.74. The predicted molar refractivity (Wildman–Crippen MR) is 119 cm³/mol. The van der Waals surface area contributed by atoms with Gasteiger partial charge in [-0.25, -0.2) is 0 Å². The summed E-state index contributed by atoms with van der Waals surface area (Å²) < 4.78 is 13.1. The molecule has 1 aliphatic heterocycles. The van der Waals surface area contributed by atoms with Crippen LogP contribution in [0, 0.1) is 0 Å². The maximum absolute atomic E-state index is 6.10. The number of likely N-dealkylation sites (N-methyl/N-ethyl adjacent to an activating group) is 1. The summed E-state index contributed by atoms with van der Waals surface area (Å²) in [5.41, 5.74) is 7.36. The summed E-state index contributed by atoms with van der Waals surface area (Å²) in [6.45, 7) is 9.45. The number of rotatable bonds is 12. The second-order valence-electron chi connectivity index (χ2n) is 8.07. The molecule has 0 bridgehead atoms. The molecule has 0 spiro atoms. The molecule has 3 heterocycles. The minimum Gasteiger partial charge on any atom is -0.468 e. The van der Waals surface area contributed by atoms with Gasteiger partial charge in [-0.1, -0.05) is 26.2 Å². The van der Waals surface area contributed by atoms with Crippen LogP contribution in [0.1, 0.15) is 45.4 Å². The number of hydrogen-bond donors (Lipinski definition) is 1. The maximum atomic E-state index is 6.10. The highest BCUT2D eigenvalue weighted by Crippen LogP contribution is 2.26. The molecule has 30 heavy (non-hydrogen) atoms. The molecule has 0 radical (unpaired) electrons. The summed E-state index contributed by atoms with van der Waals surface area (Å²) in [5, 5.41) is 0. The van der Waals surface area contributed by atoms with Crippen molar-refractivity contribution in [1.29, 1.82) is 0 Å². The van der Waals surface area contributed by atoms with E-state index in [0.29, 0.717) is 35.6 Å². The number of fused-ring (bicyclic) bond motifs is 1. The summed E-state index contributed by atoms with van der Waals surface area (Å²) >= 11 is 0.